The minimum Gasteiger partial charge on any atom is -0.394 e. The van der Waals surface area contributed by atoms with Crippen LogP contribution in [0.4, 0.5) is 0 Å². The second-order valence-corrected chi connectivity index (χ2v) is 25.4. The van der Waals surface area contributed by atoms with Crippen LogP contribution in [0.15, 0.2) is 36.5 Å². The van der Waals surface area contributed by atoms with Gasteiger partial charge in [0.1, 0.15) is 24.4 Å². The van der Waals surface area contributed by atoms with Crippen molar-refractivity contribution in [2.75, 3.05) is 13.2 Å². The third-order valence-corrected chi connectivity index (χ3v) is 17.5. The first-order valence-corrected chi connectivity index (χ1v) is 36.2. The summed E-state index contributed by atoms with van der Waals surface area (Å²) in [5.74, 6) is -0.169. The van der Waals surface area contributed by atoms with E-state index in [1.807, 2.05) is 6.08 Å². The maximum absolute atomic E-state index is 13.1. The van der Waals surface area contributed by atoms with Crippen LogP contribution in [0.25, 0.3) is 0 Å². The van der Waals surface area contributed by atoms with Gasteiger partial charge in [0.05, 0.1) is 25.4 Å². The minimum atomic E-state index is -1.57. The first-order chi connectivity index (χ1) is 40.3. The second-order valence-electron chi connectivity index (χ2n) is 25.4. The van der Waals surface area contributed by atoms with Crippen LogP contribution in [0.2, 0.25) is 0 Å². The SMILES string of the molecule is CCCCCCC/C=C\C/C=C\CCCCCCCCCCCCCCCCCCCCCCCC(=O)NC(COC1OC(CO)C(O)C(O)C1O)C(O)/C=C/CCCCCCCCCCCCCCCCCCCCCCCCCC. The fourth-order valence-corrected chi connectivity index (χ4v) is 11.8. The lowest BCUT2D eigenvalue weighted by atomic mass is 9.99. The van der Waals surface area contributed by atoms with Crippen LogP contribution in [0.1, 0.15) is 367 Å². The van der Waals surface area contributed by atoms with E-state index >= 15 is 0 Å². The highest BCUT2D eigenvalue weighted by Gasteiger charge is 2.44. The van der Waals surface area contributed by atoms with E-state index in [9.17, 15) is 30.3 Å². The van der Waals surface area contributed by atoms with Crippen LogP contribution in [0.3, 0.4) is 0 Å². The number of allylic oxidation sites excluding steroid dienone is 5. The predicted octanol–water partition coefficient (Wildman–Crippen LogP) is 19.8. The molecule has 0 aromatic rings. The molecule has 1 saturated heterocycles. The summed E-state index contributed by atoms with van der Waals surface area (Å²) < 4.78 is 11.3. The molecule has 7 unspecified atom stereocenters. The molecule has 1 heterocycles. The minimum absolute atomic E-state index is 0.169. The maximum atomic E-state index is 13.1. The van der Waals surface area contributed by atoms with Gasteiger partial charge in [0.25, 0.3) is 0 Å². The van der Waals surface area contributed by atoms with Gasteiger partial charge in [0.2, 0.25) is 5.91 Å². The summed E-state index contributed by atoms with van der Waals surface area (Å²) in [7, 11) is 0. The lowest BCUT2D eigenvalue weighted by molar-refractivity contribution is -0.302. The Morgan fingerprint density at radius 3 is 1.05 bits per heavy atom. The zero-order valence-electron chi connectivity index (χ0n) is 54.3. The van der Waals surface area contributed by atoms with E-state index in [0.29, 0.717) is 6.42 Å². The van der Waals surface area contributed by atoms with Gasteiger partial charge in [-0.25, -0.2) is 0 Å². The molecule has 9 heteroatoms. The zero-order valence-corrected chi connectivity index (χ0v) is 54.3. The highest BCUT2D eigenvalue weighted by atomic mass is 16.7. The summed E-state index contributed by atoms with van der Waals surface area (Å²) >= 11 is 0. The summed E-state index contributed by atoms with van der Waals surface area (Å²) in [6.07, 6.45) is 76.9. The molecule has 1 aliphatic heterocycles. The molecule has 1 fully saturated rings. The molecule has 9 nitrogen and oxygen atoms in total. The number of ether oxygens (including phenoxy) is 2. The number of hydrogen-bond acceptors (Lipinski definition) is 8. The van der Waals surface area contributed by atoms with Crippen LogP contribution in [0, 0.1) is 0 Å². The molecular formula is C73H139NO8. The zero-order chi connectivity index (χ0) is 59.3. The van der Waals surface area contributed by atoms with E-state index in [1.165, 1.54) is 302 Å². The molecule has 1 rings (SSSR count). The van der Waals surface area contributed by atoms with Crippen molar-refractivity contribution >= 4 is 5.91 Å². The first kappa shape index (κ1) is 78.4. The van der Waals surface area contributed by atoms with Gasteiger partial charge in [-0.2, -0.15) is 0 Å². The van der Waals surface area contributed by atoms with Gasteiger partial charge in [-0.15, -0.1) is 0 Å². The van der Waals surface area contributed by atoms with Gasteiger partial charge in [0.15, 0.2) is 6.29 Å². The molecule has 1 aliphatic rings. The first-order valence-electron chi connectivity index (χ1n) is 36.2. The van der Waals surface area contributed by atoms with Crippen molar-refractivity contribution in [2.24, 2.45) is 0 Å². The van der Waals surface area contributed by atoms with Crippen molar-refractivity contribution in [3.8, 4) is 0 Å². The Morgan fingerprint density at radius 2 is 0.720 bits per heavy atom. The summed E-state index contributed by atoms with van der Waals surface area (Å²) in [5.41, 5.74) is 0. The van der Waals surface area contributed by atoms with E-state index in [2.05, 4.69) is 43.5 Å². The Kier molecular flexibility index (Phi) is 59.7. The van der Waals surface area contributed by atoms with Crippen LogP contribution in [-0.2, 0) is 14.3 Å². The Labute approximate surface area is 508 Å². The topological polar surface area (TPSA) is 149 Å². The van der Waals surface area contributed by atoms with Crippen molar-refractivity contribution in [1.29, 1.82) is 0 Å². The maximum Gasteiger partial charge on any atom is 0.220 e. The van der Waals surface area contributed by atoms with Crippen LogP contribution < -0.4 is 5.32 Å². The van der Waals surface area contributed by atoms with Crippen molar-refractivity contribution in [3.05, 3.63) is 36.5 Å². The average Bonchev–Trinajstić information content (AvgIpc) is 3.57. The van der Waals surface area contributed by atoms with Gasteiger partial charge in [-0.05, 0) is 51.4 Å². The van der Waals surface area contributed by atoms with Crippen LogP contribution >= 0.6 is 0 Å². The molecule has 484 valence electrons. The smallest absolute Gasteiger partial charge is 0.220 e. The summed E-state index contributed by atoms with van der Waals surface area (Å²) in [4.78, 5) is 13.1. The number of carbonyl (C=O) groups is 1. The van der Waals surface area contributed by atoms with E-state index in [1.54, 1.807) is 6.08 Å². The number of hydrogen-bond donors (Lipinski definition) is 6. The molecule has 0 radical (unpaired) electrons. The normalized spacial score (nSPS) is 18.5. The highest BCUT2D eigenvalue weighted by Crippen LogP contribution is 2.24. The van der Waals surface area contributed by atoms with E-state index in [0.717, 1.165) is 44.9 Å². The highest BCUT2D eigenvalue weighted by molar-refractivity contribution is 5.76. The molecule has 0 aromatic heterocycles. The number of carbonyl (C=O) groups excluding carboxylic acids is 1. The molecule has 7 atom stereocenters. The lowest BCUT2D eigenvalue weighted by Crippen LogP contribution is -2.60. The van der Waals surface area contributed by atoms with E-state index in [-0.39, 0.29) is 12.5 Å². The number of unbranched alkanes of at least 4 members (excludes halogenated alkanes) is 50. The molecule has 0 spiro atoms. The molecule has 0 aliphatic carbocycles. The lowest BCUT2D eigenvalue weighted by Gasteiger charge is -2.40. The third-order valence-electron chi connectivity index (χ3n) is 17.5. The standard InChI is InChI=1S/C73H139NO8/c1-3-5-7-9-11-13-15-17-19-21-23-25-27-29-31-32-33-34-35-36-37-39-41-43-45-47-49-51-53-55-57-59-61-63-69(77)74-66(65-81-73-72(80)71(79)70(78)68(64-75)82-73)67(76)62-60-58-56-54-52-50-48-46-44-42-40-38-30-28-26-24-22-20-18-16-14-12-10-8-6-4-2/h15,17,21,23,60,62,66-68,70-73,75-76,78-80H,3-14,16,18-20,22,24-59,61,63-65H2,1-2H3,(H,74,77)/b17-15-,23-21-,62-60+. The van der Waals surface area contributed by atoms with Crippen molar-refractivity contribution in [1.82, 2.24) is 5.32 Å². The Hall–Kier alpha value is -1.59. The molecule has 0 saturated carbocycles. The molecule has 82 heavy (non-hydrogen) atoms. The van der Waals surface area contributed by atoms with Gasteiger partial charge < -0.3 is 40.3 Å². The average molecular weight is 1160 g/mol. The second kappa shape index (κ2) is 62.5. The third kappa shape index (κ3) is 50.6. The van der Waals surface area contributed by atoms with Gasteiger partial charge in [-0.1, -0.05) is 346 Å². The Bertz CT molecular complexity index is 1390. The number of amides is 1. The monoisotopic (exact) mass is 1160 g/mol. The van der Waals surface area contributed by atoms with Gasteiger partial charge in [0, 0.05) is 6.42 Å². The van der Waals surface area contributed by atoms with Crippen molar-refractivity contribution in [2.45, 2.75) is 410 Å². The molecule has 6 N–H and O–H groups in total. The number of nitrogens with one attached hydrogen (secondary N) is 1. The van der Waals surface area contributed by atoms with E-state index < -0.39 is 49.5 Å². The van der Waals surface area contributed by atoms with Crippen LogP contribution in [0.5, 0.6) is 0 Å². The summed E-state index contributed by atoms with van der Waals surface area (Å²) in [5, 5.41) is 54.8. The largest absolute Gasteiger partial charge is 0.394 e. The van der Waals surface area contributed by atoms with E-state index in [4.69, 9.17) is 9.47 Å². The predicted molar refractivity (Wildman–Crippen MR) is 350 cm³/mol. The summed E-state index contributed by atoms with van der Waals surface area (Å²) in [6.45, 7) is 3.83. The fourth-order valence-electron chi connectivity index (χ4n) is 11.8. The number of aliphatic hydroxyl groups excluding tert-OH is 5. The fraction of sp³-hybridized carbons (Fsp3) is 0.904. The van der Waals surface area contributed by atoms with Crippen molar-refractivity contribution < 1.29 is 39.8 Å². The van der Waals surface area contributed by atoms with Gasteiger partial charge in [-0.3, -0.25) is 4.79 Å². The summed E-state index contributed by atoms with van der Waals surface area (Å²) in [6, 6.07) is -0.805. The van der Waals surface area contributed by atoms with Gasteiger partial charge >= 0.3 is 0 Å². The molecule has 0 bridgehead atoms. The number of aliphatic hydroxyl groups is 5. The van der Waals surface area contributed by atoms with Crippen LogP contribution in [-0.4, -0.2) is 87.5 Å². The quantitative estimate of drug-likeness (QED) is 0.0261. The Balaban J connectivity index is 2.10. The molecule has 1 amide bonds. The van der Waals surface area contributed by atoms with Crippen molar-refractivity contribution in [3.63, 3.8) is 0 Å². The molecular weight excluding hydrogens is 1020 g/mol. The molecule has 0 aromatic carbocycles. The Morgan fingerprint density at radius 1 is 0.415 bits per heavy atom. The number of rotatable bonds is 64.